The van der Waals surface area contributed by atoms with Crippen LogP contribution in [0.15, 0.2) is 0 Å². The van der Waals surface area contributed by atoms with E-state index in [1.54, 1.807) is 0 Å². The van der Waals surface area contributed by atoms with Gasteiger partial charge in [0.15, 0.2) is 6.10 Å². The van der Waals surface area contributed by atoms with Gasteiger partial charge < -0.3 is 14.2 Å². The van der Waals surface area contributed by atoms with E-state index in [4.69, 9.17) is 14.2 Å². The predicted molar refractivity (Wildman–Crippen MR) is 321 cm³/mol. The van der Waals surface area contributed by atoms with E-state index in [0.29, 0.717) is 19.3 Å². The molecule has 1 atom stereocenters. The summed E-state index contributed by atoms with van der Waals surface area (Å²) in [5, 5.41) is 0. The van der Waals surface area contributed by atoms with Gasteiger partial charge in [-0.2, -0.15) is 0 Å². The van der Waals surface area contributed by atoms with Crippen molar-refractivity contribution in [3.63, 3.8) is 0 Å². The summed E-state index contributed by atoms with van der Waals surface area (Å²) < 4.78 is 16.8. The molecule has 0 aliphatic rings. The minimum absolute atomic E-state index is 0.0620. The Balaban J connectivity index is 3.85. The van der Waals surface area contributed by atoms with Gasteiger partial charge in [-0.15, -0.1) is 0 Å². The van der Waals surface area contributed by atoms with Crippen molar-refractivity contribution in [3.05, 3.63) is 0 Å². The van der Waals surface area contributed by atoms with Gasteiger partial charge in [-0.25, -0.2) is 0 Å². The van der Waals surface area contributed by atoms with Crippen LogP contribution in [0.1, 0.15) is 400 Å². The molecule has 0 amide bonds. The van der Waals surface area contributed by atoms with E-state index >= 15 is 0 Å². The molecule has 440 valence electrons. The zero-order valence-corrected chi connectivity index (χ0v) is 50.7. The first kappa shape index (κ1) is 72.4. The summed E-state index contributed by atoms with van der Waals surface area (Å²) in [5.74, 6) is -0.842. The summed E-state index contributed by atoms with van der Waals surface area (Å²) in [7, 11) is 0. The zero-order valence-electron chi connectivity index (χ0n) is 50.7. The van der Waals surface area contributed by atoms with E-state index in [9.17, 15) is 14.4 Å². The van der Waals surface area contributed by atoms with Crippen molar-refractivity contribution in [1.29, 1.82) is 0 Å². The summed E-state index contributed by atoms with van der Waals surface area (Å²) in [6.45, 7) is 6.66. The number of hydrogen-bond acceptors (Lipinski definition) is 6. The molecule has 0 aromatic carbocycles. The Morgan fingerprint density at radius 2 is 0.365 bits per heavy atom. The van der Waals surface area contributed by atoms with E-state index < -0.39 is 6.10 Å². The fourth-order valence-corrected chi connectivity index (χ4v) is 10.7. The van der Waals surface area contributed by atoms with Gasteiger partial charge in [-0.05, 0) is 19.3 Å². The molecule has 0 spiro atoms. The smallest absolute Gasteiger partial charge is 0.306 e. The highest BCUT2D eigenvalue weighted by Gasteiger charge is 2.19. The highest BCUT2D eigenvalue weighted by atomic mass is 16.6. The Morgan fingerprint density at radius 1 is 0.216 bits per heavy atom. The molecular formula is C68H132O6. The predicted octanol–water partition coefficient (Wildman–Crippen LogP) is 23.1. The first-order chi connectivity index (χ1) is 36.5. The van der Waals surface area contributed by atoms with Crippen molar-refractivity contribution in [3.8, 4) is 0 Å². The van der Waals surface area contributed by atoms with E-state index in [-0.39, 0.29) is 31.1 Å². The van der Waals surface area contributed by atoms with Gasteiger partial charge in [-0.1, -0.05) is 361 Å². The molecule has 0 saturated heterocycles. The Labute approximate surface area is 463 Å². The Hall–Kier alpha value is -1.59. The van der Waals surface area contributed by atoms with Crippen LogP contribution in [0.5, 0.6) is 0 Å². The highest BCUT2D eigenvalue weighted by Crippen LogP contribution is 2.19. The summed E-state index contributed by atoms with van der Waals surface area (Å²) in [5.41, 5.74) is 0. The molecule has 1 unspecified atom stereocenters. The first-order valence-electron chi connectivity index (χ1n) is 34.0. The third-order valence-corrected chi connectivity index (χ3v) is 15.9. The molecule has 0 N–H and O–H groups in total. The third-order valence-electron chi connectivity index (χ3n) is 15.9. The van der Waals surface area contributed by atoms with Crippen molar-refractivity contribution >= 4 is 17.9 Å². The molecule has 0 radical (unpaired) electrons. The van der Waals surface area contributed by atoms with E-state index in [0.717, 1.165) is 57.8 Å². The molecule has 0 aromatic heterocycles. The van der Waals surface area contributed by atoms with Crippen LogP contribution >= 0.6 is 0 Å². The number of rotatable bonds is 64. The highest BCUT2D eigenvalue weighted by molar-refractivity contribution is 5.71. The maximum Gasteiger partial charge on any atom is 0.306 e. The lowest BCUT2D eigenvalue weighted by atomic mass is 10.0. The van der Waals surface area contributed by atoms with Gasteiger partial charge in [0.25, 0.3) is 0 Å². The van der Waals surface area contributed by atoms with Gasteiger partial charge in [0, 0.05) is 19.3 Å². The van der Waals surface area contributed by atoms with Crippen LogP contribution in [0.2, 0.25) is 0 Å². The standard InChI is InChI=1S/C68H132O6/c1-4-7-10-13-16-18-20-22-24-26-27-28-29-30-31-32-33-34-35-36-37-38-39-40-41-42-43-45-46-48-50-52-55-58-61-67(70)73-64-65(63-72-66(69)60-57-54-15-12-9-6-3)74-68(71)62-59-56-53-51-49-47-44-25-23-21-19-17-14-11-8-5-2/h65H,4-64H2,1-3H3. The molecule has 6 heteroatoms. The molecular weight excluding hydrogens is 913 g/mol. The number of ether oxygens (including phenoxy) is 3. The number of unbranched alkanes of at least 4 members (excludes halogenated alkanes) is 53. The van der Waals surface area contributed by atoms with Crippen LogP contribution in [0.3, 0.4) is 0 Å². The molecule has 0 rings (SSSR count). The maximum atomic E-state index is 12.8. The molecule has 0 saturated carbocycles. The molecule has 0 aromatic rings. The second-order valence-electron chi connectivity index (χ2n) is 23.5. The molecule has 0 aliphatic carbocycles. The van der Waals surface area contributed by atoms with E-state index in [2.05, 4.69) is 20.8 Å². The van der Waals surface area contributed by atoms with Crippen molar-refractivity contribution in [2.75, 3.05) is 13.2 Å². The summed E-state index contributed by atoms with van der Waals surface area (Å²) in [4.78, 5) is 38.0. The van der Waals surface area contributed by atoms with Crippen LogP contribution in [0, 0.1) is 0 Å². The third kappa shape index (κ3) is 61.3. The lowest BCUT2D eigenvalue weighted by Crippen LogP contribution is -2.30. The maximum absolute atomic E-state index is 12.8. The average molecular weight is 1050 g/mol. The average Bonchev–Trinajstić information content (AvgIpc) is 3.40. The van der Waals surface area contributed by atoms with Crippen molar-refractivity contribution in [2.24, 2.45) is 0 Å². The van der Waals surface area contributed by atoms with Gasteiger partial charge in [0.2, 0.25) is 0 Å². The van der Waals surface area contributed by atoms with Crippen LogP contribution < -0.4 is 0 Å². The summed E-state index contributed by atoms with van der Waals surface area (Å²) in [6, 6.07) is 0. The topological polar surface area (TPSA) is 78.9 Å². The lowest BCUT2D eigenvalue weighted by molar-refractivity contribution is -0.167. The van der Waals surface area contributed by atoms with E-state index in [1.165, 1.54) is 302 Å². The number of carbonyl (C=O) groups excluding carboxylic acids is 3. The van der Waals surface area contributed by atoms with Crippen LogP contribution in [-0.4, -0.2) is 37.2 Å². The number of hydrogen-bond donors (Lipinski definition) is 0. The summed E-state index contributed by atoms with van der Waals surface area (Å²) in [6.07, 6.45) is 74.7. The van der Waals surface area contributed by atoms with Gasteiger partial charge in [0.05, 0.1) is 0 Å². The Bertz CT molecular complexity index is 1110. The molecule has 0 bridgehead atoms. The normalized spacial score (nSPS) is 11.9. The minimum atomic E-state index is -0.760. The molecule has 6 nitrogen and oxygen atoms in total. The van der Waals surface area contributed by atoms with Crippen molar-refractivity contribution in [1.82, 2.24) is 0 Å². The second kappa shape index (κ2) is 63.9. The Kier molecular flexibility index (Phi) is 62.6. The molecule has 74 heavy (non-hydrogen) atoms. The molecule has 0 aliphatic heterocycles. The number of carbonyl (C=O) groups is 3. The fraction of sp³-hybridized carbons (Fsp3) is 0.956. The monoisotopic (exact) mass is 1050 g/mol. The largest absolute Gasteiger partial charge is 0.462 e. The van der Waals surface area contributed by atoms with Crippen molar-refractivity contribution in [2.45, 2.75) is 406 Å². The lowest BCUT2D eigenvalue weighted by Gasteiger charge is -2.18. The van der Waals surface area contributed by atoms with E-state index in [1.807, 2.05) is 0 Å². The zero-order chi connectivity index (χ0) is 53.6. The van der Waals surface area contributed by atoms with Gasteiger partial charge in [0.1, 0.15) is 13.2 Å². The second-order valence-corrected chi connectivity index (χ2v) is 23.5. The number of esters is 3. The van der Waals surface area contributed by atoms with Crippen LogP contribution in [0.4, 0.5) is 0 Å². The fourth-order valence-electron chi connectivity index (χ4n) is 10.7. The summed E-state index contributed by atoms with van der Waals surface area (Å²) >= 11 is 0. The SMILES string of the molecule is CCCCCCCCCCCCCCCCCCCCCCCCCCCCCCCCCCCCC(=O)OCC(COC(=O)CCCCCCCC)OC(=O)CCCCCCCCCCCCCCCCCC. The van der Waals surface area contributed by atoms with Crippen LogP contribution in [0.25, 0.3) is 0 Å². The van der Waals surface area contributed by atoms with Crippen molar-refractivity contribution < 1.29 is 28.6 Å². The minimum Gasteiger partial charge on any atom is -0.462 e. The van der Waals surface area contributed by atoms with Gasteiger partial charge >= 0.3 is 17.9 Å². The molecule has 0 heterocycles. The Morgan fingerprint density at radius 3 is 0.541 bits per heavy atom. The quantitative estimate of drug-likeness (QED) is 0.0343. The van der Waals surface area contributed by atoms with Crippen LogP contribution in [-0.2, 0) is 28.6 Å². The first-order valence-corrected chi connectivity index (χ1v) is 34.0. The molecule has 0 fully saturated rings. The van der Waals surface area contributed by atoms with Gasteiger partial charge in [-0.3, -0.25) is 14.4 Å².